The van der Waals surface area contributed by atoms with Crippen molar-refractivity contribution in [2.75, 3.05) is 19.6 Å². The summed E-state index contributed by atoms with van der Waals surface area (Å²) in [6, 6.07) is 0.508. The fraction of sp³-hybridized carbons (Fsp3) is 1.00. The molecule has 4 heteroatoms. The molecule has 1 aliphatic heterocycles. The van der Waals surface area contributed by atoms with E-state index in [1.165, 1.54) is 32.1 Å². The highest BCUT2D eigenvalue weighted by molar-refractivity contribution is 4.91. The second-order valence-electron chi connectivity index (χ2n) is 8.25. The van der Waals surface area contributed by atoms with E-state index in [2.05, 4.69) is 4.90 Å². The highest BCUT2D eigenvalue weighted by Gasteiger charge is 2.38. The lowest BCUT2D eigenvalue weighted by Crippen LogP contribution is -2.46. The number of nitrogens with zero attached hydrogens (tertiary/aromatic N) is 1. The predicted molar refractivity (Wildman–Crippen MR) is 92.0 cm³/mol. The van der Waals surface area contributed by atoms with Gasteiger partial charge < -0.3 is 10.8 Å². The Morgan fingerprint density at radius 1 is 0.913 bits per heavy atom. The van der Waals surface area contributed by atoms with Crippen LogP contribution >= 0.6 is 0 Å². The number of aliphatic hydroxyl groups is 1. The van der Waals surface area contributed by atoms with Gasteiger partial charge in [0.25, 0.3) is 0 Å². The Morgan fingerprint density at radius 2 is 1.61 bits per heavy atom. The lowest BCUT2D eigenvalue weighted by Gasteiger charge is -2.37. The zero-order chi connectivity index (χ0) is 16.2. The van der Waals surface area contributed by atoms with Gasteiger partial charge in [0.2, 0.25) is 0 Å². The summed E-state index contributed by atoms with van der Waals surface area (Å²) in [6.45, 7) is 2.83. The van der Waals surface area contributed by atoms with Crippen LogP contribution in [0.3, 0.4) is 0 Å². The van der Waals surface area contributed by atoms with E-state index in [9.17, 15) is 9.50 Å². The Balaban J connectivity index is 1.52. The molecule has 23 heavy (non-hydrogen) atoms. The summed E-state index contributed by atoms with van der Waals surface area (Å²) in [5.41, 5.74) is 6.12. The Morgan fingerprint density at radius 3 is 2.26 bits per heavy atom. The molecule has 3 fully saturated rings. The van der Waals surface area contributed by atoms with E-state index in [4.69, 9.17) is 5.73 Å². The first-order valence-electron chi connectivity index (χ1n) is 9.95. The van der Waals surface area contributed by atoms with Crippen LogP contribution < -0.4 is 5.73 Å². The first-order valence-corrected chi connectivity index (χ1v) is 9.95. The van der Waals surface area contributed by atoms with Crippen molar-refractivity contribution in [3.63, 3.8) is 0 Å². The lowest BCUT2D eigenvalue weighted by atomic mass is 9.79. The van der Waals surface area contributed by atoms with Crippen LogP contribution in [0.2, 0.25) is 0 Å². The zero-order valence-corrected chi connectivity index (χ0v) is 14.5. The van der Waals surface area contributed by atoms with Gasteiger partial charge in [-0.2, -0.15) is 0 Å². The van der Waals surface area contributed by atoms with Crippen LogP contribution in [-0.4, -0.2) is 48.0 Å². The molecular weight excluding hydrogens is 291 g/mol. The molecule has 3 aliphatic rings. The molecule has 3 N–H and O–H groups in total. The van der Waals surface area contributed by atoms with E-state index in [1.54, 1.807) is 0 Å². The molecule has 3 unspecified atom stereocenters. The van der Waals surface area contributed by atoms with E-state index >= 15 is 0 Å². The van der Waals surface area contributed by atoms with Crippen molar-refractivity contribution in [1.82, 2.24) is 4.90 Å². The summed E-state index contributed by atoms with van der Waals surface area (Å²) in [7, 11) is 0. The van der Waals surface area contributed by atoms with Crippen LogP contribution in [0.1, 0.15) is 64.2 Å². The average Bonchev–Trinajstić information content (AvgIpc) is 3.06. The van der Waals surface area contributed by atoms with Gasteiger partial charge in [0.1, 0.15) is 6.17 Å². The number of rotatable bonds is 5. The fourth-order valence-corrected chi connectivity index (χ4v) is 5.36. The third kappa shape index (κ3) is 4.26. The molecule has 134 valence electrons. The van der Waals surface area contributed by atoms with Crippen molar-refractivity contribution < 1.29 is 9.50 Å². The molecule has 3 rings (SSSR count). The summed E-state index contributed by atoms with van der Waals surface area (Å²) in [4.78, 5) is 2.56. The molecule has 0 bridgehead atoms. The van der Waals surface area contributed by atoms with Gasteiger partial charge in [0.05, 0.1) is 6.10 Å². The first-order chi connectivity index (χ1) is 11.2. The molecule has 0 aromatic rings. The minimum absolute atomic E-state index is 0.239. The minimum Gasteiger partial charge on any atom is -0.393 e. The minimum atomic E-state index is -0.633. The molecule has 0 radical (unpaired) electrons. The lowest BCUT2D eigenvalue weighted by molar-refractivity contribution is 0.0216. The number of hydrogen-bond donors (Lipinski definition) is 2. The number of nitrogens with two attached hydrogens (primary N) is 1. The third-order valence-corrected chi connectivity index (χ3v) is 6.83. The monoisotopic (exact) mass is 326 g/mol. The molecular formula is C19H35FN2O. The molecule has 1 saturated heterocycles. The number of aliphatic hydroxyl groups excluding tert-OH is 1. The van der Waals surface area contributed by atoms with Gasteiger partial charge in [-0.05, 0) is 69.2 Å². The summed E-state index contributed by atoms with van der Waals surface area (Å²) in [5.74, 6) is 1.44. The predicted octanol–water partition coefficient (Wildman–Crippen LogP) is 3.11. The van der Waals surface area contributed by atoms with Gasteiger partial charge in [-0.3, -0.25) is 4.90 Å². The Hall–Kier alpha value is -0.190. The summed E-state index contributed by atoms with van der Waals surface area (Å²) in [6.07, 6.45) is 9.97. The van der Waals surface area contributed by atoms with Crippen LogP contribution in [0.4, 0.5) is 4.39 Å². The molecule has 2 saturated carbocycles. The maximum atomic E-state index is 13.3. The zero-order valence-electron chi connectivity index (χ0n) is 14.5. The SMILES string of the molecule is NCC(C1CCCCC1)N1CCC(C(O)C2CCC(F)CC2)C1. The largest absolute Gasteiger partial charge is 0.393 e. The Kier molecular flexibility index (Phi) is 6.33. The van der Waals surface area contributed by atoms with Crippen molar-refractivity contribution >= 4 is 0 Å². The molecule has 0 aromatic heterocycles. The molecule has 3 atom stereocenters. The van der Waals surface area contributed by atoms with E-state index in [0.717, 1.165) is 44.8 Å². The van der Waals surface area contributed by atoms with Crippen molar-refractivity contribution in [3.05, 3.63) is 0 Å². The molecule has 0 spiro atoms. The van der Waals surface area contributed by atoms with Crippen LogP contribution in [-0.2, 0) is 0 Å². The number of halogens is 1. The molecule has 2 aliphatic carbocycles. The van der Waals surface area contributed by atoms with Crippen molar-refractivity contribution in [3.8, 4) is 0 Å². The second-order valence-corrected chi connectivity index (χ2v) is 8.25. The highest BCUT2D eigenvalue weighted by atomic mass is 19.1. The van der Waals surface area contributed by atoms with Crippen molar-refractivity contribution in [1.29, 1.82) is 0 Å². The van der Waals surface area contributed by atoms with E-state index in [-0.39, 0.29) is 6.10 Å². The normalized spacial score (nSPS) is 36.9. The molecule has 0 aromatic carbocycles. The van der Waals surface area contributed by atoms with Crippen molar-refractivity contribution in [2.24, 2.45) is 23.5 Å². The topological polar surface area (TPSA) is 49.5 Å². The Labute approximate surface area is 140 Å². The standard InChI is InChI=1S/C19H35FN2O/c20-17-8-6-15(7-9-17)19(23)16-10-11-22(13-16)18(12-21)14-4-2-1-3-5-14/h14-19,23H,1-13,21H2. The van der Waals surface area contributed by atoms with E-state index in [1.807, 2.05) is 0 Å². The van der Waals surface area contributed by atoms with Gasteiger partial charge >= 0.3 is 0 Å². The number of hydrogen-bond acceptors (Lipinski definition) is 3. The van der Waals surface area contributed by atoms with Gasteiger partial charge in [0, 0.05) is 19.1 Å². The maximum Gasteiger partial charge on any atom is 0.100 e. The molecule has 3 nitrogen and oxygen atoms in total. The van der Waals surface area contributed by atoms with Gasteiger partial charge in [0.15, 0.2) is 0 Å². The van der Waals surface area contributed by atoms with Gasteiger partial charge in [-0.15, -0.1) is 0 Å². The molecule has 1 heterocycles. The maximum absolute atomic E-state index is 13.3. The first kappa shape index (κ1) is 17.6. The highest BCUT2D eigenvalue weighted by Crippen LogP contribution is 2.36. The number of alkyl halides is 1. The van der Waals surface area contributed by atoms with E-state index in [0.29, 0.717) is 30.7 Å². The van der Waals surface area contributed by atoms with Crippen LogP contribution in [0, 0.1) is 17.8 Å². The summed E-state index contributed by atoms with van der Waals surface area (Å²) >= 11 is 0. The van der Waals surface area contributed by atoms with Crippen LogP contribution in [0.15, 0.2) is 0 Å². The Bertz CT molecular complexity index is 353. The number of likely N-dealkylation sites (tertiary alicyclic amines) is 1. The van der Waals surface area contributed by atoms with Gasteiger partial charge in [-0.1, -0.05) is 19.3 Å². The second kappa shape index (κ2) is 8.26. The van der Waals surface area contributed by atoms with Gasteiger partial charge in [-0.25, -0.2) is 4.39 Å². The van der Waals surface area contributed by atoms with Crippen LogP contribution in [0.25, 0.3) is 0 Å². The van der Waals surface area contributed by atoms with Crippen molar-refractivity contribution in [2.45, 2.75) is 82.5 Å². The molecule has 0 amide bonds. The van der Waals surface area contributed by atoms with Crippen LogP contribution in [0.5, 0.6) is 0 Å². The summed E-state index contributed by atoms with van der Waals surface area (Å²) in [5, 5.41) is 10.8. The fourth-order valence-electron chi connectivity index (χ4n) is 5.36. The summed E-state index contributed by atoms with van der Waals surface area (Å²) < 4.78 is 13.3. The third-order valence-electron chi connectivity index (χ3n) is 6.83. The average molecular weight is 327 g/mol. The quantitative estimate of drug-likeness (QED) is 0.816. The smallest absolute Gasteiger partial charge is 0.100 e. The van der Waals surface area contributed by atoms with E-state index < -0.39 is 6.17 Å².